The molecule has 0 aliphatic heterocycles. The highest BCUT2D eigenvalue weighted by Gasteiger charge is 2.24. The highest BCUT2D eigenvalue weighted by Crippen LogP contribution is 2.17. The zero-order chi connectivity index (χ0) is 31.5. The Balaban J connectivity index is 1.45. The van der Waals surface area contributed by atoms with Crippen molar-refractivity contribution in [3.63, 3.8) is 0 Å². The van der Waals surface area contributed by atoms with Crippen molar-refractivity contribution >= 4 is 15.9 Å². The predicted molar refractivity (Wildman–Crippen MR) is 166 cm³/mol. The fourth-order valence-electron chi connectivity index (χ4n) is 4.55. The van der Waals surface area contributed by atoms with Crippen molar-refractivity contribution in [3.8, 4) is 11.5 Å². The Kier molecular flexibility index (Phi) is 11.4. The van der Waals surface area contributed by atoms with E-state index in [0.717, 1.165) is 5.56 Å². The van der Waals surface area contributed by atoms with Crippen LogP contribution in [0.2, 0.25) is 0 Å². The average molecular weight is 622 g/mol. The molecule has 0 saturated carbocycles. The monoisotopic (exact) mass is 621 g/mol. The lowest BCUT2D eigenvalue weighted by Crippen LogP contribution is -2.48. The summed E-state index contributed by atoms with van der Waals surface area (Å²) in [5, 5.41) is 17.1. The molecular weight excluding hydrogens is 585 g/mol. The van der Waals surface area contributed by atoms with Gasteiger partial charge in [-0.15, -0.1) is 0 Å². The summed E-state index contributed by atoms with van der Waals surface area (Å²) in [7, 11) is -0.834. The first-order valence-corrected chi connectivity index (χ1v) is 15.4. The number of carbonyl (C=O) groups is 1. The lowest BCUT2D eigenvalue weighted by atomic mass is 10.00. The van der Waals surface area contributed by atoms with Crippen LogP contribution < -0.4 is 24.8 Å². The number of hydrogen-bond donors (Lipinski definition) is 4. The Morgan fingerprint density at radius 3 is 2.07 bits per heavy atom. The fraction of sp³-hybridized carbons (Fsp3) is 0.242. The van der Waals surface area contributed by atoms with Gasteiger partial charge in [0, 0.05) is 25.2 Å². The predicted octanol–water partition coefficient (Wildman–Crippen LogP) is 3.81. The van der Waals surface area contributed by atoms with Crippen LogP contribution in [0.4, 0.5) is 4.39 Å². The van der Waals surface area contributed by atoms with Gasteiger partial charge < -0.3 is 25.2 Å². The summed E-state index contributed by atoms with van der Waals surface area (Å²) in [4.78, 5) is 13.3. The van der Waals surface area contributed by atoms with Crippen molar-refractivity contribution in [1.82, 2.24) is 15.4 Å². The summed E-state index contributed by atoms with van der Waals surface area (Å²) >= 11 is 0. The number of carbonyl (C=O) groups excluding carboxylic acids is 1. The van der Waals surface area contributed by atoms with E-state index in [-0.39, 0.29) is 30.0 Å². The van der Waals surface area contributed by atoms with Gasteiger partial charge in [0.1, 0.15) is 17.3 Å². The van der Waals surface area contributed by atoms with Gasteiger partial charge in [0.05, 0.1) is 31.3 Å². The maximum Gasteiger partial charge on any atom is 0.251 e. The molecule has 2 atom stereocenters. The van der Waals surface area contributed by atoms with Crippen LogP contribution in [-0.4, -0.2) is 52.3 Å². The van der Waals surface area contributed by atoms with E-state index in [0.29, 0.717) is 29.2 Å². The molecule has 4 aromatic rings. The lowest BCUT2D eigenvalue weighted by molar-refractivity contribution is 0.0829. The number of aliphatic hydroxyl groups excluding tert-OH is 1. The second kappa shape index (κ2) is 15.4. The SMILES string of the molecule is COc1cccc(CNC[C@@H](O)[C@H](Cc2ccc(F)cc2)NC(=O)c2cccc(S(=O)(=O)NCc3cccc(OC)c3)c2)c1. The maximum atomic E-state index is 13.5. The largest absolute Gasteiger partial charge is 0.497 e. The minimum Gasteiger partial charge on any atom is -0.497 e. The molecule has 11 heteroatoms. The van der Waals surface area contributed by atoms with Crippen molar-refractivity contribution in [2.45, 2.75) is 36.6 Å². The van der Waals surface area contributed by atoms with Gasteiger partial charge in [-0.25, -0.2) is 17.5 Å². The number of ether oxygens (including phenoxy) is 2. The topological polar surface area (TPSA) is 126 Å². The van der Waals surface area contributed by atoms with Gasteiger partial charge >= 0.3 is 0 Å². The summed E-state index contributed by atoms with van der Waals surface area (Å²) in [6, 6.07) is 25.2. The zero-order valence-electron chi connectivity index (χ0n) is 24.5. The first-order chi connectivity index (χ1) is 21.2. The Morgan fingerprint density at radius 2 is 1.43 bits per heavy atom. The molecule has 0 unspecified atom stereocenters. The number of sulfonamides is 1. The summed E-state index contributed by atoms with van der Waals surface area (Å²) in [6.45, 7) is 0.630. The number of rotatable bonds is 15. The molecule has 4 aromatic carbocycles. The van der Waals surface area contributed by atoms with Gasteiger partial charge in [-0.3, -0.25) is 4.79 Å². The van der Waals surface area contributed by atoms with E-state index in [1.807, 2.05) is 24.3 Å². The fourth-order valence-corrected chi connectivity index (χ4v) is 5.61. The van der Waals surface area contributed by atoms with Gasteiger partial charge in [0.15, 0.2) is 0 Å². The zero-order valence-corrected chi connectivity index (χ0v) is 25.3. The van der Waals surface area contributed by atoms with E-state index in [1.54, 1.807) is 43.5 Å². The Morgan fingerprint density at radius 1 is 0.818 bits per heavy atom. The quantitative estimate of drug-likeness (QED) is 0.159. The van der Waals surface area contributed by atoms with E-state index < -0.39 is 33.9 Å². The first kappa shape index (κ1) is 32.6. The normalized spacial score (nSPS) is 12.7. The summed E-state index contributed by atoms with van der Waals surface area (Å²) in [5.74, 6) is 0.362. The van der Waals surface area contributed by atoms with Gasteiger partial charge in [-0.1, -0.05) is 42.5 Å². The average Bonchev–Trinajstić information content (AvgIpc) is 3.04. The molecule has 0 bridgehead atoms. The van der Waals surface area contributed by atoms with Crippen molar-refractivity contribution in [2.75, 3.05) is 20.8 Å². The molecule has 4 rings (SSSR count). The third kappa shape index (κ3) is 9.35. The van der Waals surface area contributed by atoms with E-state index in [2.05, 4.69) is 15.4 Å². The van der Waals surface area contributed by atoms with Crippen molar-refractivity contribution in [3.05, 3.63) is 125 Å². The molecule has 44 heavy (non-hydrogen) atoms. The first-order valence-electron chi connectivity index (χ1n) is 14.0. The summed E-state index contributed by atoms with van der Waals surface area (Å²) in [6.07, 6.45) is -0.806. The standard InChI is InChI=1S/C33H36FN3O6S/c1-42-28-9-3-6-24(16-28)20-35-22-32(38)31(18-23-12-14-27(34)15-13-23)37-33(39)26-8-5-11-30(19-26)44(40,41)36-21-25-7-4-10-29(17-25)43-2/h3-17,19,31-32,35-36,38H,18,20-22H2,1-2H3,(H,37,39)/t31-,32+/m0/s1. The molecule has 0 radical (unpaired) electrons. The van der Waals surface area contributed by atoms with E-state index >= 15 is 0 Å². The molecule has 0 heterocycles. The molecular formula is C33H36FN3O6S. The minimum atomic E-state index is -3.95. The summed E-state index contributed by atoms with van der Waals surface area (Å²) < 4.78 is 52.6. The van der Waals surface area contributed by atoms with Gasteiger partial charge in [0.2, 0.25) is 10.0 Å². The number of amides is 1. The van der Waals surface area contributed by atoms with Crippen LogP contribution in [0.25, 0.3) is 0 Å². The third-order valence-electron chi connectivity index (χ3n) is 6.97. The Hall–Kier alpha value is -4.29. The minimum absolute atomic E-state index is 0.0324. The molecule has 0 saturated heterocycles. The van der Waals surface area contributed by atoms with Crippen LogP contribution in [0.15, 0.2) is 102 Å². The number of aliphatic hydroxyl groups is 1. The van der Waals surface area contributed by atoms with Crippen LogP contribution >= 0.6 is 0 Å². The molecule has 9 nitrogen and oxygen atoms in total. The number of methoxy groups -OCH3 is 2. The molecule has 0 spiro atoms. The van der Waals surface area contributed by atoms with Crippen LogP contribution in [0.1, 0.15) is 27.0 Å². The molecule has 0 aliphatic carbocycles. The van der Waals surface area contributed by atoms with Crippen molar-refractivity contribution in [2.24, 2.45) is 0 Å². The second-order valence-corrected chi connectivity index (χ2v) is 11.9. The molecule has 0 fully saturated rings. The van der Waals surface area contributed by atoms with Gasteiger partial charge in [-0.2, -0.15) is 0 Å². The molecule has 4 N–H and O–H groups in total. The highest BCUT2D eigenvalue weighted by atomic mass is 32.2. The van der Waals surface area contributed by atoms with E-state index in [4.69, 9.17) is 9.47 Å². The van der Waals surface area contributed by atoms with Crippen molar-refractivity contribution < 1.29 is 32.2 Å². The van der Waals surface area contributed by atoms with Crippen LogP contribution in [0, 0.1) is 5.82 Å². The number of nitrogens with one attached hydrogen (secondary N) is 3. The number of halogens is 1. The third-order valence-corrected chi connectivity index (χ3v) is 8.37. The molecule has 0 aliphatic rings. The summed E-state index contributed by atoms with van der Waals surface area (Å²) in [5.41, 5.74) is 2.48. The van der Waals surface area contributed by atoms with E-state index in [1.165, 1.54) is 43.5 Å². The Bertz CT molecular complexity index is 1650. The van der Waals surface area contributed by atoms with E-state index in [9.17, 15) is 22.7 Å². The number of hydrogen-bond acceptors (Lipinski definition) is 7. The molecule has 0 aromatic heterocycles. The lowest BCUT2D eigenvalue weighted by Gasteiger charge is -2.25. The van der Waals surface area contributed by atoms with Gasteiger partial charge in [0.25, 0.3) is 5.91 Å². The van der Waals surface area contributed by atoms with Crippen LogP contribution in [-0.2, 0) is 29.5 Å². The smallest absolute Gasteiger partial charge is 0.251 e. The van der Waals surface area contributed by atoms with Gasteiger partial charge in [-0.05, 0) is 77.7 Å². The van der Waals surface area contributed by atoms with Crippen LogP contribution in [0.3, 0.4) is 0 Å². The highest BCUT2D eigenvalue weighted by molar-refractivity contribution is 7.89. The number of benzene rings is 4. The van der Waals surface area contributed by atoms with Crippen molar-refractivity contribution in [1.29, 1.82) is 0 Å². The second-order valence-electron chi connectivity index (χ2n) is 10.2. The Labute approximate surface area is 257 Å². The molecule has 232 valence electrons. The molecule has 1 amide bonds. The van der Waals surface area contributed by atoms with Crippen LogP contribution in [0.5, 0.6) is 11.5 Å². The maximum absolute atomic E-state index is 13.5.